The van der Waals surface area contributed by atoms with Crippen LogP contribution in [0.1, 0.15) is 51.4 Å². The van der Waals surface area contributed by atoms with Crippen LogP contribution in [0.2, 0.25) is 0 Å². The van der Waals surface area contributed by atoms with Crippen LogP contribution in [0.3, 0.4) is 0 Å². The molecule has 2 saturated heterocycles. The second-order valence-electron chi connectivity index (χ2n) is 6.49. The van der Waals surface area contributed by atoms with Crippen LogP contribution in [0.5, 0.6) is 0 Å². The minimum absolute atomic E-state index is 0.192. The molecule has 1 amide bonds. The van der Waals surface area contributed by atoms with Crippen molar-refractivity contribution in [2.45, 2.75) is 63.5 Å². The first-order valence-corrected chi connectivity index (χ1v) is 8.33. The SMILES string of the molecule is O=C(COC[C@@H]1CCCO1)N1CCC[C@@H]1C1CCCC1. The highest BCUT2D eigenvalue weighted by Crippen LogP contribution is 2.35. The number of nitrogens with zero attached hydrogens (tertiary/aromatic N) is 1. The molecule has 3 fully saturated rings. The molecular weight excluding hydrogens is 254 g/mol. The molecule has 114 valence electrons. The Morgan fingerprint density at radius 3 is 2.70 bits per heavy atom. The summed E-state index contributed by atoms with van der Waals surface area (Å²) in [4.78, 5) is 14.4. The third kappa shape index (κ3) is 3.34. The van der Waals surface area contributed by atoms with Gasteiger partial charge in [-0.2, -0.15) is 0 Å². The zero-order valence-corrected chi connectivity index (χ0v) is 12.4. The summed E-state index contributed by atoms with van der Waals surface area (Å²) in [6.07, 6.45) is 10.1. The number of ether oxygens (including phenoxy) is 2. The molecule has 0 aromatic carbocycles. The molecule has 4 heteroatoms. The fraction of sp³-hybridized carbons (Fsp3) is 0.938. The number of hydrogen-bond acceptors (Lipinski definition) is 3. The Morgan fingerprint density at radius 1 is 1.10 bits per heavy atom. The van der Waals surface area contributed by atoms with Crippen molar-refractivity contribution in [3.05, 3.63) is 0 Å². The molecule has 4 nitrogen and oxygen atoms in total. The zero-order valence-electron chi connectivity index (χ0n) is 12.4. The summed E-state index contributed by atoms with van der Waals surface area (Å²) < 4.78 is 11.1. The van der Waals surface area contributed by atoms with Crippen molar-refractivity contribution < 1.29 is 14.3 Å². The van der Waals surface area contributed by atoms with Crippen LogP contribution in [0, 0.1) is 5.92 Å². The van der Waals surface area contributed by atoms with Gasteiger partial charge >= 0.3 is 0 Å². The predicted octanol–water partition coefficient (Wildman–Crippen LogP) is 2.36. The molecule has 0 aromatic rings. The van der Waals surface area contributed by atoms with Gasteiger partial charge in [0, 0.05) is 19.2 Å². The van der Waals surface area contributed by atoms with Gasteiger partial charge in [0.1, 0.15) is 6.61 Å². The summed E-state index contributed by atoms with van der Waals surface area (Å²) in [7, 11) is 0. The summed E-state index contributed by atoms with van der Waals surface area (Å²) in [6, 6.07) is 0.497. The number of carbonyl (C=O) groups is 1. The Labute approximate surface area is 121 Å². The highest BCUT2D eigenvalue weighted by Gasteiger charge is 2.35. The van der Waals surface area contributed by atoms with E-state index in [1.54, 1.807) is 0 Å². The first-order valence-electron chi connectivity index (χ1n) is 8.33. The maximum atomic E-state index is 12.3. The second kappa shape index (κ2) is 6.90. The molecular formula is C16H27NO3. The van der Waals surface area contributed by atoms with Crippen molar-refractivity contribution in [1.29, 1.82) is 0 Å². The number of rotatable bonds is 5. The van der Waals surface area contributed by atoms with Crippen molar-refractivity contribution >= 4 is 5.91 Å². The number of hydrogen-bond donors (Lipinski definition) is 0. The van der Waals surface area contributed by atoms with Gasteiger partial charge in [-0.1, -0.05) is 12.8 Å². The average Bonchev–Trinajstić information content (AvgIpc) is 3.19. The van der Waals surface area contributed by atoms with Crippen molar-refractivity contribution in [2.75, 3.05) is 26.4 Å². The molecule has 0 aromatic heterocycles. The van der Waals surface area contributed by atoms with Gasteiger partial charge in [-0.25, -0.2) is 0 Å². The van der Waals surface area contributed by atoms with Crippen LogP contribution in [0.4, 0.5) is 0 Å². The number of amides is 1. The molecule has 1 saturated carbocycles. The maximum absolute atomic E-state index is 12.3. The molecule has 0 unspecified atom stereocenters. The minimum Gasteiger partial charge on any atom is -0.376 e. The molecule has 20 heavy (non-hydrogen) atoms. The van der Waals surface area contributed by atoms with E-state index in [-0.39, 0.29) is 18.6 Å². The first-order chi connectivity index (χ1) is 9.84. The lowest BCUT2D eigenvalue weighted by molar-refractivity contribution is -0.139. The Balaban J connectivity index is 1.43. The van der Waals surface area contributed by atoms with Gasteiger partial charge < -0.3 is 14.4 Å². The smallest absolute Gasteiger partial charge is 0.248 e. The molecule has 1 aliphatic carbocycles. The van der Waals surface area contributed by atoms with E-state index in [0.717, 1.165) is 31.9 Å². The lowest BCUT2D eigenvalue weighted by Crippen LogP contribution is -2.41. The fourth-order valence-electron chi connectivity index (χ4n) is 4.07. The molecule has 0 spiro atoms. The van der Waals surface area contributed by atoms with Crippen LogP contribution in [0.25, 0.3) is 0 Å². The average molecular weight is 281 g/mol. The van der Waals surface area contributed by atoms with E-state index in [2.05, 4.69) is 4.90 Å². The largest absolute Gasteiger partial charge is 0.376 e. The van der Waals surface area contributed by atoms with Crippen molar-refractivity contribution in [1.82, 2.24) is 4.90 Å². The van der Waals surface area contributed by atoms with E-state index in [9.17, 15) is 4.79 Å². The monoisotopic (exact) mass is 281 g/mol. The van der Waals surface area contributed by atoms with E-state index in [1.165, 1.54) is 38.5 Å². The lowest BCUT2D eigenvalue weighted by atomic mass is 9.96. The van der Waals surface area contributed by atoms with Gasteiger partial charge in [-0.15, -0.1) is 0 Å². The van der Waals surface area contributed by atoms with Gasteiger partial charge in [0.2, 0.25) is 5.91 Å². The normalized spacial score (nSPS) is 31.3. The standard InChI is InChI=1S/C16H27NO3/c18-16(12-19-11-14-7-4-10-20-14)17-9-3-8-15(17)13-5-1-2-6-13/h13-15H,1-12H2/t14-,15+/m0/s1. The van der Waals surface area contributed by atoms with Gasteiger partial charge in [-0.3, -0.25) is 4.79 Å². The molecule has 0 radical (unpaired) electrons. The van der Waals surface area contributed by atoms with Gasteiger partial charge in [-0.05, 0) is 44.4 Å². The molecule has 2 aliphatic heterocycles. The van der Waals surface area contributed by atoms with Crippen LogP contribution < -0.4 is 0 Å². The van der Waals surface area contributed by atoms with Crippen LogP contribution in [-0.2, 0) is 14.3 Å². The highest BCUT2D eigenvalue weighted by molar-refractivity contribution is 5.78. The molecule has 0 bridgehead atoms. The van der Waals surface area contributed by atoms with Crippen LogP contribution >= 0.6 is 0 Å². The van der Waals surface area contributed by atoms with Crippen LogP contribution in [0.15, 0.2) is 0 Å². The molecule has 2 heterocycles. The van der Waals surface area contributed by atoms with E-state index < -0.39 is 0 Å². The Morgan fingerprint density at radius 2 is 1.95 bits per heavy atom. The molecule has 3 aliphatic rings. The lowest BCUT2D eigenvalue weighted by Gasteiger charge is -2.29. The van der Waals surface area contributed by atoms with E-state index in [4.69, 9.17) is 9.47 Å². The first kappa shape index (κ1) is 14.3. The predicted molar refractivity (Wildman–Crippen MR) is 76.5 cm³/mol. The van der Waals surface area contributed by atoms with Gasteiger partial charge in [0.25, 0.3) is 0 Å². The second-order valence-corrected chi connectivity index (χ2v) is 6.49. The van der Waals surface area contributed by atoms with Crippen molar-refractivity contribution in [3.63, 3.8) is 0 Å². The molecule has 2 atom stereocenters. The van der Waals surface area contributed by atoms with E-state index in [0.29, 0.717) is 12.6 Å². The Kier molecular flexibility index (Phi) is 4.94. The number of likely N-dealkylation sites (tertiary alicyclic amines) is 1. The molecule has 3 rings (SSSR count). The third-order valence-corrected chi connectivity index (χ3v) is 5.12. The van der Waals surface area contributed by atoms with Gasteiger partial charge in [0.15, 0.2) is 0 Å². The fourth-order valence-corrected chi connectivity index (χ4v) is 4.07. The van der Waals surface area contributed by atoms with Crippen LogP contribution in [-0.4, -0.2) is 49.3 Å². The summed E-state index contributed by atoms with van der Waals surface area (Å²) in [5, 5.41) is 0. The summed E-state index contributed by atoms with van der Waals surface area (Å²) in [6.45, 7) is 2.60. The Hall–Kier alpha value is -0.610. The summed E-state index contributed by atoms with van der Waals surface area (Å²) in [5.74, 6) is 0.942. The van der Waals surface area contributed by atoms with E-state index >= 15 is 0 Å². The molecule has 0 N–H and O–H groups in total. The zero-order chi connectivity index (χ0) is 13.8. The maximum Gasteiger partial charge on any atom is 0.248 e. The van der Waals surface area contributed by atoms with E-state index in [1.807, 2.05) is 0 Å². The van der Waals surface area contributed by atoms with Crippen molar-refractivity contribution in [3.8, 4) is 0 Å². The highest BCUT2D eigenvalue weighted by atomic mass is 16.5. The minimum atomic E-state index is 0.192. The summed E-state index contributed by atoms with van der Waals surface area (Å²) in [5.41, 5.74) is 0. The third-order valence-electron chi connectivity index (χ3n) is 5.12. The topological polar surface area (TPSA) is 38.8 Å². The summed E-state index contributed by atoms with van der Waals surface area (Å²) >= 11 is 0. The van der Waals surface area contributed by atoms with Crippen molar-refractivity contribution in [2.24, 2.45) is 5.92 Å². The Bertz CT molecular complexity index is 322. The van der Waals surface area contributed by atoms with Gasteiger partial charge in [0.05, 0.1) is 12.7 Å². The number of carbonyl (C=O) groups excluding carboxylic acids is 1. The quantitative estimate of drug-likeness (QED) is 0.776.